The highest BCUT2D eigenvalue weighted by Gasteiger charge is 2.24. The Labute approximate surface area is 211 Å². The number of rotatable bonds is 9. The fraction of sp³-hybridized carbons (Fsp3) is 0.364. The van der Waals surface area contributed by atoms with Gasteiger partial charge in [-0.1, -0.05) is 85.8 Å². The van der Waals surface area contributed by atoms with Crippen molar-refractivity contribution in [2.45, 2.75) is 70.8 Å². The summed E-state index contributed by atoms with van der Waals surface area (Å²) in [6, 6.07) is 27.3. The molecule has 0 amide bonds. The summed E-state index contributed by atoms with van der Waals surface area (Å²) in [6.45, 7) is 4.35. The molecule has 0 N–H and O–H groups in total. The number of allylic oxidation sites excluding steroid dienone is 2. The van der Waals surface area contributed by atoms with Gasteiger partial charge in [0.25, 0.3) is 0 Å². The van der Waals surface area contributed by atoms with E-state index in [-0.39, 0.29) is 12.1 Å². The molecule has 0 heterocycles. The molecule has 1 aliphatic rings. The van der Waals surface area contributed by atoms with Gasteiger partial charge >= 0.3 is 5.97 Å². The molecule has 2 heteroatoms. The van der Waals surface area contributed by atoms with Crippen LogP contribution in [-0.2, 0) is 11.2 Å². The van der Waals surface area contributed by atoms with E-state index in [1.54, 1.807) is 0 Å². The summed E-state index contributed by atoms with van der Waals surface area (Å²) in [5.41, 5.74) is 5.62. The second kappa shape index (κ2) is 12.5. The summed E-state index contributed by atoms with van der Waals surface area (Å²) in [7, 11) is 0. The molecule has 0 spiro atoms. The van der Waals surface area contributed by atoms with E-state index in [0.29, 0.717) is 11.5 Å². The summed E-state index contributed by atoms with van der Waals surface area (Å²) < 4.78 is 5.83. The Hall–Kier alpha value is -3.13. The zero-order chi connectivity index (χ0) is 24.5. The Morgan fingerprint density at radius 2 is 1.51 bits per heavy atom. The quantitative estimate of drug-likeness (QED) is 0.233. The van der Waals surface area contributed by atoms with Crippen molar-refractivity contribution in [3.8, 4) is 11.1 Å². The molecule has 0 radical (unpaired) electrons. The van der Waals surface area contributed by atoms with E-state index in [4.69, 9.17) is 4.74 Å². The minimum absolute atomic E-state index is 0.0611. The molecule has 2 nitrogen and oxygen atoms in total. The van der Waals surface area contributed by atoms with Gasteiger partial charge in [0.2, 0.25) is 0 Å². The van der Waals surface area contributed by atoms with E-state index >= 15 is 0 Å². The minimum Gasteiger partial charge on any atom is -0.459 e. The van der Waals surface area contributed by atoms with Crippen molar-refractivity contribution in [3.05, 3.63) is 108 Å². The van der Waals surface area contributed by atoms with Crippen LogP contribution in [0.25, 0.3) is 11.1 Å². The fourth-order valence-electron chi connectivity index (χ4n) is 5.14. The van der Waals surface area contributed by atoms with Crippen LogP contribution in [0.1, 0.15) is 79.8 Å². The van der Waals surface area contributed by atoms with Crippen molar-refractivity contribution in [1.82, 2.24) is 0 Å². The Morgan fingerprint density at radius 1 is 0.886 bits per heavy atom. The van der Waals surface area contributed by atoms with Gasteiger partial charge in [0.05, 0.1) is 5.56 Å². The van der Waals surface area contributed by atoms with Crippen LogP contribution in [0.15, 0.2) is 91.0 Å². The van der Waals surface area contributed by atoms with Crippen LogP contribution < -0.4 is 0 Å². The zero-order valence-electron chi connectivity index (χ0n) is 21.2. The molecule has 0 unspecified atom stereocenters. The fourth-order valence-corrected chi connectivity index (χ4v) is 5.14. The lowest BCUT2D eigenvalue weighted by Gasteiger charge is -2.28. The molecule has 0 aliphatic heterocycles. The monoisotopic (exact) mass is 466 g/mol. The first-order chi connectivity index (χ1) is 17.1. The first-order valence-electron chi connectivity index (χ1n) is 13.2. The number of hydrogen-bond acceptors (Lipinski definition) is 2. The number of benzene rings is 3. The molecule has 1 atom stereocenters. The predicted molar refractivity (Wildman–Crippen MR) is 146 cm³/mol. The van der Waals surface area contributed by atoms with Crippen LogP contribution in [0.4, 0.5) is 0 Å². The first kappa shape index (κ1) is 25.0. The molecular formula is C33H38O2. The van der Waals surface area contributed by atoms with E-state index in [1.807, 2.05) is 24.3 Å². The molecule has 35 heavy (non-hydrogen) atoms. The largest absolute Gasteiger partial charge is 0.459 e. The van der Waals surface area contributed by atoms with Crippen molar-refractivity contribution in [1.29, 1.82) is 0 Å². The summed E-state index contributed by atoms with van der Waals surface area (Å²) >= 11 is 0. The van der Waals surface area contributed by atoms with Gasteiger partial charge in [-0.15, -0.1) is 0 Å². The lowest BCUT2D eigenvalue weighted by atomic mass is 9.84. The number of esters is 1. The van der Waals surface area contributed by atoms with Crippen LogP contribution in [0, 0.1) is 5.92 Å². The maximum atomic E-state index is 12.7. The number of carbonyl (C=O) groups is 1. The molecule has 0 saturated heterocycles. The standard InChI is InChI=1S/C33H38O2/c1-3-4-6-9-26-14-22-32(23-15-26)35-33(34)31-20-18-30(19-21-31)29-16-12-27(13-17-29)24-25(2)28-10-7-5-8-11-28/h3-5,7-8,10-13,16-21,25-26,32H,6,9,14-15,22-24H2,1-2H3/t25-,26?,32?/m0/s1. The zero-order valence-corrected chi connectivity index (χ0v) is 21.2. The smallest absolute Gasteiger partial charge is 0.338 e. The van der Waals surface area contributed by atoms with Gasteiger partial charge in [-0.25, -0.2) is 4.79 Å². The Morgan fingerprint density at radius 3 is 2.14 bits per heavy atom. The second-order valence-electron chi connectivity index (χ2n) is 9.98. The third-order valence-electron chi connectivity index (χ3n) is 7.36. The number of hydrogen-bond donors (Lipinski definition) is 0. The number of ether oxygens (including phenoxy) is 1. The van der Waals surface area contributed by atoms with Crippen LogP contribution in [-0.4, -0.2) is 12.1 Å². The van der Waals surface area contributed by atoms with Gasteiger partial charge in [0, 0.05) is 0 Å². The molecule has 182 valence electrons. The molecule has 3 aromatic carbocycles. The van der Waals surface area contributed by atoms with Crippen molar-refractivity contribution in [2.24, 2.45) is 5.92 Å². The minimum atomic E-state index is -0.195. The predicted octanol–water partition coefficient (Wildman–Crippen LogP) is 8.77. The van der Waals surface area contributed by atoms with Crippen molar-refractivity contribution < 1.29 is 9.53 Å². The lowest BCUT2D eigenvalue weighted by Crippen LogP contribution is -2.24. The summed E-state index contributed by atoms with van der Waals surface area (Å²) in [4.78, 5) is 12.7. The van der Waals surface area contributed by atoms with Gasteiger partial charge in [-0.3, -0.25) is 0 Å². The Balaban J connectivity index is 1.28. The lowest BCUT2D eigenvalue weighted by molar-refractivity contribution is 0.0162. The molecule has 4 rings (SSSR count). The van der Waals surface area contributed by atoms with Crippen LogP contribution in [0.2, 0.25) is 0 Å². The molecule has 1 aliphatic carbocycles. The highest BCUT2D eigenvalue weighted by Crippen LogP contribution is 2.30. The molecule has 1 saturated carbocycles. The average molecular weight is 467 g/mol. The maximum absolute atomic E-state index is 12.7. The van der Waals surface area contributed by atoms with Crippen LogP contribution in [0.5, 0.6) is 0 Å². The second-order valence-corrected chi connectivity index (χ2v) is 9.98. The van der Waals surface area contributed by atoms with Crippen molar-refractivity contribution in [3.63, 3.8) is 0 Å². The highest BCUT2D eigenvalue weighted by molar-refractivity contribution is 5.90. The summed E-state index contributed by atoms with van der Waals surface area (Å²) in [5.74, 6) is 1.06. The SMILES string of the molecule is CC=CCCC1CCC(OC(=O)c2ccc(-c3ccc(C[C@H](C)c4ccccc4)cc3)cc2)CC1. The highest BCUT2D eigenvalue weighted by atomic mass is 16.5. The Kier molecular flexibility index (Phi) is 8.95. The van der Waals surface area contributed by atoms with Crippen molar-refractivity contribution in [2.75, 3.05) is 0 Å². The average Bonchev–Trinajstić information content (AvgIpc) is 2.91. The molecule has 1 fully saturated rings. The van der Waals surface area contributed by atoms with Crippen LogP contribution in [0.3, 0.4) is 0 Å². The summed E-state index contributed by atoms with van der Waals surface area (Å²) in [5, 5.41) is 0. The topological polar surface area (TPSA) is 26.3 Å². The van der Waals surface area contributed by atoms with Gasteiger partial charge < -0.3 is 4.74 Å². The van der Waals surface area contributed by atoms with Crippen molar-refractivity contribution >= 4 is 5.97 Å². The van der Waals surface area contributed by atoms with E-state index in [0.717, 1.165) is 55.6 Å². The third kappa shape index (κ3) is 7.18. The number of carbonyl (C=O) groups excluding carboxylic acids is 1. The molecule has 0 aromatic heterocycles. The van der Waals surface area contributed by atoms with Gasteiger partial charge in [-0.05, 0) is 98.1 Å². The van der Waals surface area contributed by atoms with E-state index < -0.39 is 0 Å². The van der Waals surface area contributed by atoms with E-state index in [1.165, 1.54) is 17.5 Å². The third-order valence-corrected chi connectivity index (χ3v) is 7.36. The van der Waals surface area contributed by atoms with E-state index in [9.17, 15) is 4.79 Å². The van der Waals surface area contributed by atoms with Gasteiger partial charge in [0.1, 0.15) is 6.10 Å². The molecular weight excluding hydrogens is 428 g/mol. The first-order valence-corrected chi connectivity index (χ1v) is 13.2. The Bertz CT molecular complexity index is 1070. The maximum Gasteiger partial charge on any atom is 0.338 e. The normalized spacial score (nSPS) is 18.9. The summed E-state index contributed by atoms with van der Waals surface area (Å²) in [6.07, 6.45) is 12.2. The molecule has 3 aromatic rings. The van der Waals surface area contributed by atoms with Gasteiger partial charge in [-0.2, -0.15) is 0 Å². The van der Waals surface area contributed by atoms with Gasteiger partial charge in [0.15, 0.2) is 0 Å². The van der Waals surface area contributed by atoms with Crippen LogP contribution >= 0.6 is 0 Å². The van der Waals surface area contributed by atoms with E-state index in [2.05, 4.69) is 80.6 Å². The molecule has 0 bridgehead atoms.